The van der Waals surface area contributed by atoms with Gasteiger partial charge in [-0.05, 0) is 38.0 Å². The van der Waals surface area contributed by atoms with E-state index in [0.29, 0.717) is 18.1 Å². The quantitative estimate of drug-likeness (QED) is 0.534. The summed E-state index contributed by atoms with van der Waals surface area (Å²) >= 11 is 1.14. The van der Waals surface area contributed by atoms with Crippen molar-refractivity contribution >= 4 is 23.0 Å². The fraction of sp³-hybridized carbons (Fsp3) is 0.714. The van der Waals surface area contributed by atoms with Crippen LogP contribution in [0.5, 0.6) is 0 Å². The Bertz CT molecular complexity index is 649. The molecule has 0 spiro atoms. The first kappa shape index (κ1) is 21.4. The van der Waals surface area contributed by atoms with Crippen LogP contribution in [0.3, 0.4) is 0 Å². The molecule has 3 aliphatic rings. The highest BCUT2D eigenvalue weighted by molar-refractivity contribution is 8.14. The van der Waals surface area contributed by atoms with Crippen LogP contribution < -0.4 is 5.32 Å². The van der Waals surface area contributed by atoms with Gasteiger partial charge in [-0.1, -0.05) is 43.3 Å². The van der Waals surface area contributed by atoms with Gasteiger partial charge >= 0.3 is 5.97 Å². The smallest absolute Gasteiger partial charge is 0.330 e. The van der Waals surface area contributed by atoms with Crippen molar-refractivity contribution in [1.29, 1.82) is 0 Å². The fourth-order valence-corrected chi connectivity index (χ4v) is 4.95. The number of hydrogen-bond acceptors (Lipinski definition) is 6. The van der Waals surface area contributed by atoms with E-state index >= 15 is 0 Å². The van der Waals surface area contributed by atoms with Gasteiger partial charge in [0.05, 0.1) is 12.1 Å². The molecule has 28 heavy (non-hydrogen) atoms. The van der Waals surface area contributed by atoms with Crippen LogP contribution in [0.25, 0.3) is 0 Å². The van der Waals surface area contributed by atoms with Gasteiger partial charge in [0.2, 0.25) is 0 Å². The molecule has 2 N–H and O–H groups in total. The Morgan fingerprint density at radius 1 is 1.32 bits per heavy atom. The Morgan fingerprint density at radius 3 is 2.86 bits per heavy atom. The number of ether oxygens (including phenoxy) is 2. The predicted molar refractivity (Wildman–Crippen MR) is 109 cm³/mol. The molecule has 0 saturated carbocycles. The van der Waals surface area contributed by atoms with Crippen LogP contribution in [0, 0.1) is 5.92 Å². The summed E-state index contributed by atoms with van der Waals surface area (Å²) in [6.45, 7) is 4.22. The average Bonchev–Trinajstić information content (AvgIpc) is 3.09. The molecule has 1 unspecified atom stereocenters. The Hall–Kier alpha value is -1.31. The third-order valence-electron chi connectivity index (χ3n) is 5.73. The number of carbonyl (C=O) groups excluding carboxylic acids is 2. The standard InChI is InChI=1S/C21H31NO5S/c1-3-15-7-5-4-6-14(2)8-9-16-11-17(26-19(23)10-15)12-21(25,27-16)18-13-28-20(24)22-18/h4,6,10,14,16-18,25H,3,5,7-9,11-13H2,1-2H3,(H,22,24)/t14-,16?,17-,18+,21-/m1/s1. The maximum atomic E-state index is 12.4. The van der Waals surface area contributed by atoms with Crippen LogP contribution in [0.1, 0.15) is 58.8 Å². The lowest BCUT2D eigenvalue weighted by molar-refractivity contribution is -0.283. The normalized spacial score (nSPS) is 37.6. The molecule has 3 rings (SSSR count). The van der Waals surface area contributed by atoms with Crippen LogP contribution >= 0.6 is 11.8 Å². The molecule has 1 amide bonds. The molecule has 2 fully saturated rings. The second kappa shape index (κ2) is 9.46. The largest absolute Gasteiger partial charge is 0.459 e. The summed E-state index contributed by atoms with van der Waals surface area (Å²) in [5.41, 5.74) is 1.07. The van der Waals surface area contributed by atoms with E-state index < -0.39 is 17.9 Å². The first-order chi connectivity index (χ1) is 13.4. The SMILES string of the molecule is CCC1=CC(=O)O[C@@H]2CC(CC[C@H](C)C=CCC1)O[C@@](O)([C@@H]1CSC(=O)N1)C2. The van der Waals surface area contributed by atoms with E-state index in [1.165, 1.54) is 0 Å². The van der Waals surface area contributed by atoms with Crippen molar-refractivity contribution in [2.45, 2.75) is 82.8 Å². The van der Waals surface area contributed by atoms with Gasteiger partial charge in [-0.2, -0.15) is 0 Å². The van der Waals surface area contributed by atoms with Crippen LogP contribution in [0.15, 0.2) is 23.8 Å². The maximum Gasteiger partial charge on any atom is 0.330 e. The van der Waals surface area contributed by atoms with Gasteiger partial charge in [0, 0.05) is 24.7 Å². The number of fused-ring (bicyclic) bond motifs is 2. The molecule has 2 bridgehead atoms. The van der Waals surface area contributed by atoms with Crippen LogP contribution in [0.2, 0.25) is 0 Å². The first-order valence-corrected chi connectivity index (χ1v) is 11.3. The number of carbonyl (C=O) groups is 2. The highest BCUT2D eigenvalue weighted by Gasteiger charge is 2.49. The zero-order valence-electron chi connectivity index (χ0n) is 16.7. The minimum atomic E-state index is -1.51. The van der Waals surface area contributed by atoms with Crippen LogP contribution in [0.4, 0.5) is 4.79 Å². The summed E-state index contributed by atoms with van der Waals surface area (Å²) in [6.07, 6.45) is 10.4. The minimum Gasteiger partial charge on any atom is -0.459 e. The lowest BCUT2D eigenvalue weighted by Crippen LogP contribution is -2.58. The van der Waals surface area contributed by atoms with Gasteiger partial charge in [0.25, 0.3) is 5.24 Å². The van der Waals surface area contributed by atoms with Crippen molar-refractivity contribution < 1.29 is 24.2 Å². The third-order valence-corrected chi connectivity index (χ3v) is 6.61. The van der Waals surface area contributed by atoms with Gasteiger partial charge in [-0.15, -0.1) is 0 Å². The molecule has 0 aromatic heterocycles. The molecular formula is C21H31NO5S. The maximum absolute atomic E-state index is 12.4. The summed E-state index contributed by atoms with van der Waals surface area (Å²) in [5, 5.41) is 13.8. The predicted octanol–water partition coefficient (Wildman–Crippen LogP) is 3.69. The lowest BCUT2D eigenvalue weighted by atomic mass is 9.90. The summed E-state index contributed by atoms with van der Waals surface area (Å²) in [7, 11) is 0. The molecule has 0 radical (unpaired) electrons. The van der Waals surface area contributed by atoms with E-state index in [2.05, 4.69) is 24.4 Å². The van der Waals surface area contributed by atoms with Gasteiger partial charge in [-0.25, -0.2) is 4.79 Å². The molecular weight excluding hydrogens is 378 g/mol. The molecule has 0 aromatic carbocycles. The van der Waals surface area contributed by atoms with Crippen LogP contribution in [-0.2, 0) is 14.3 Å². The van der Waals surface area contributed by atoms with Crippen molar-refractivity contribution in [3.8, 4) is 0 Å². The second-order valence-corrected chi connectivity index (χ2v) is 9.05. The number of rotatable bonds is 2. The summed E-state index contributed by atoms with van der Waals surface area (Å²) < 4.78 is 11.8. The van der Waals surface area contributed by atoms with E-state index in [1.807, 2.05) is 6.92 Å². The van der Waals surface area contributed by atoms with E-state index in [9.17, 15) is 14.7 Å². The van der Waals surface area contributed by atoms with Crippen LogP contribution in [-0.4, -0.2) is 46.1 Å². The second-order valence-electron chi connectivity index (χ2n) is 8.06. The summed E-state index contributed by atoms with van der Waals surface area (Å²) in [5.74, 6) is -1.01. The van der Waals surface area contributed by atoms with E-state index in [1.54, 1.807) is 6.08 Å². The first-order valence-electron chi connectivity index (χ1n) is 10.3. The van der Waals surface area contributed by atoms with E-state index in [0.717, 1.165) is 49.4 Å². The fourth-order valence-electron chi connectivity index (χ4n) is 4.06. The molecule has 156 valence electrons. The molecule has 2 saturated heterocycles. The number of hydrogen-bond donors (Lipinski definition) is 2. The van der Waals surface area contributed by atoms with Gasteiger partial charge < -0.3 is 19.9 Å². The number of aliphatic hydroxyl groups is 1. The highest BCUT2D eigenvalue weighted by Crippen LogP contribution is 2.37. The average molecular weight is 410 g/mol. The molecule has 3 heterocycles. The number of nitrogens with one attached hydrogen (secondary N) is 1. The molecule has 6 nitrogen and oxygen atoms in total. The van der Waals surface area contributed by atoms with Gasteiger partial charge in [0.1, 0.15) is 6.10 Å². The lowest BCUT2D eigenvalue weighted by Gasteiger charge is -2.43. The van der Waals surface area contributed by atoms with Crippen molar-refractivity contribution in [3.05, 3.63) is 23.8 Å². The molecule has 0 aliphatic carbocycles. The zero-order valence-corrected chi connectivity index (χ0v) is 17.5. The summed E-state index contributed by atoms with van der Waals surface area (Å²) in [4.78, 5) is 24.1. The molecule has 7 heteroatoms. The number of amides is 1. The summed E-state index contributed by atoms with van der Waals surface area (Å²) in [6, 6.07) is -0.494. The number of thioether (sulfide) groups is 1. The number of allylic oxidation sites excluding steroid dienone is 3. The number of esters is 1. The Morgan fingerprint density at radius 2 is 2.14 bits per heavy atom. The van der Waals surface area contributed by atoms with Crippen molar-refractivity contribution in [1.82, 2.24) is 5.32 Å². The molecule has 0 aromatic rings. The van der Waals surface area contributed by atoms with Gasteiger partial charge in [-0.3, -0.25) is 4.79 Å². The van der Waals surface area contributed by atoms with Crippen molar-refractivity contribution in [2.24, 2.45) is 5.92 Å². The van der Waals surface area contributed by atoms with Crippen molar-refractivity contribution in [2.75, 3.05) is 5.75 Å². The zero-order chi connectivity index (χ0) is 20.1. The topological polar surface area (TPSA) is 84.9 Å². The monoisotopic (exact) mass is 409 g/mol. The Labute approximate surface area is 171 Å². The molecule has 3 aliphatic heterocycles. The van der Waals surface area contributed by atoms with E-state index in [4.69, 9.17) is 9.47 Å². The van der Waals surface area contributed by atoms with Crippen molar-refractivity contribution in [3.63, 3.8) is 0 Å². The highest BCUT2D eigenvalue weighted by atomic mass is 32.2. The third kappa shape index (κ3) is 5.61. The molecule has 5 atom stereocenters. The minimum absolute atomic E-state index is 0.158. The van der Waals surface area contributed by atoms with Gasteiger partial charge in [0.15, 0.2) is 5.79 Å². The Kier molecular flexibility index (Phi) is 7.23. The Balaban J connectivity index is 1.79. The van der Waals surface area contributed by atoms with E-state index in [-0.39, 0.29) is 23.7 Å².